The van der Waals surface area contributed by atoms with Crippen LogP contribution in [0.5, 0.6) is 0 Å². The van der Waals surface area contributed by atoms with Gasteiger partial charge in [0.2, 0.25) is 5.91 Å². The van der Waals surface area contributed by atoms with Crippen LogP contribution in [-0.4, -0.2) is 50.8 Å². The molecule has 2 fully saturated rings. The second-order valence-corrected chi connectivity index (χ2v) is 6.63. The molecule has 2 aliphatic rings. The molecule has 1 aromatic rings. The molecule has 3 rings (SSSR count). The van der Waals surface area contributed by atoms with Gasteiger partial charge in [0.05, 0.1) is 23.0 Å². The largest absolute Gasteiger partial charge is 0.459 e. The monoisotopic (exact) mass is 362 g/mol. The van der Waals surface area contributed by atoms with E-state index < -0.39 is 52.6 Å². The number of carbonyl (C=O) groups is 3. The van der Waals surface area contributed by atoms with Gasteiger partial charge in [-0.1, -0.05) is 6.92 Å². The SMILES string of the molecule is CC(O)C1C(=O)N2C(C(=O)OCc3ccc([N+](=O)[O-])cc3)C(=O)C(C)C12. The lowest BCUT2D eigenvalue weighted by Gasteiger charge is -2.46. The van der Waals surface area contributed by atoms with Crippen LogP contribution in [-0.2, 0) is 25.7 Å². The van der Waals surface area contributed by atoms with Gasteiger partial charge in [-0.2, -0.15) is 0 Å². The quantitative estimate of drug-likeness (QED) is 0.265. The maximum atomic E-state index is 12.4. The van der Waals surface area contributed by atoms with Crippen LogP contribution in [0.25, 0.3) is 0 Å². The summed E-state index contributed by atoms with van der Waals surface area (Å²) in [6, 6.07) is 3.68. The predicted molar refractivity (Wildman–Crippen MR) is 86.7 cm³/mol. The van der Waals surface area contributed by atoms with Crippen molar-refractivity contribution in [2.24, 2.45) is 11.8 Å². The lowest BCUT2D eigenvalue weighted by Crippen LogP contribution is -2.65. The number of nitro benzene ring substituents is 1. The number of carbonyl (C=O) groups excluding carboxylic acids is 3. The number of aliphatic hydroxyl groups excluding tert-OH is 1. The predicted octanol–water partition coefficient (Wildman–Crippen LogP) is 0.433. The molecule has 1 aromatic carbocycles. The normalized spacial score (nSPS) is 28.3. The van der Waals surface area contributed by atoms with Crippen molar-refractivity contribution in [2.45, 2.75) is 38.6 Å². The van der Waals surface area contributed by atoms with E-state index in [1.54, 1.807) is 6.92 Å². The molecule has 0 radical (unpaired) electrons. The summed E-state index contributed by atoms with van der Waals surface area (Å²) in [6.45, 7) is 2.95. The molecular weight excluding hydrogens is 344 g/mol. The number of amides is 1. The summed E-state index contributed by atoms with van der Waals surface area (Å²) < 4.78 is 5.14. The molecule has 2 saturated heterocycles. The molecule has 2 aliphatic heterocycles. The number of rotatable bonds is 5. The zero-order valence-corrected chi connectivity index (χ0v) is 14.2. The van der Waals surface area contributed by atoms with E-state index in [1.807, 2.05) is 0 Å². The Kier molecular flexibility index (Phi) is 4.49. The summed E-state index contributed by atoms with van der Waals surface area (Å²) >= 11 is 0. The average Bonchev–Trinajstić information content (AvgIpc) is 2.81. The Labute approximate surface area is 148 Å². The van der Waals surface area contributed by atoms with E-state index in [1.165, 1.54) is 36.1 Å². The number of Topliss-reactive ketones (excluding diaryl/α,β-unsaturated/α-hetero) is 1. The van der Waals surface area contributed by atoms with Crippen LogP contribution in [0, 0.1) is 22.0 Å². The van der Waals surface area contributed by atoms with Crippen molar-refractivity contribution in [3.63, 3.8) is 0 Å². The highest BCUT2D eigenvalue weighted by Gasteiger charge is 2.64. The molecule has 5 atom stereocenters. The molecule has 0 aliphatic carbocycles. The van der Waals surface area contributed by atoms with Gasteiger partial charge in [0, 0.05) is 18.1 Å². The number of benzene rings is 1. The second-order valence-electron chi connectivity index (χ2n) is 6.63. The second kappa shape index (κ2) is 6.49. The van der Waals surface area contributed by atoms with E-state index in [0.29, 0.717) is 5.56 Å². The van der Waals surface area contributed by atoms with Gasteiger partial charge in [0.1, 0.15) is 6.61 Å². The third kappa shape index (κ3) is 2.74. The van der Waals surface area contributed by atoms with Gasteiger partial charge >= 0.3 is 5.97 Å². The molecule has 26 heavy (non-hydrogen) atoms. The van der Waals surface area contributed by atoms with E-state index >= 15 is 0 Å². The van der Waals surface area contributed by atoms with Crippen LogP contribution >= 0.6 is 0 Å². The number of β-lactam (4-membered cyclic amide) rings is 1. The lowest BCUT2D eigenvalue weighted by atomic mass is 9.79. The van der Waals surface area contributed by atoms with Gasteiger partial charge < -0.3 is 14.7 Å². The van der Waals surface area contributed by atoms with Gasteiger partial charge in [-0.05, 0) is 24.6 Å². The summed E-state index contributed by atoms with van der Waals surface area (Å²) in [6.07, 6.45) is -0.895. The van der Waals surface area contributed by atoms with E-state index in [4.69, 9.17) is 4.74 Å². The average molecular weight is 362 g/mol. The van der Waals surface area contributed by atoms with Gasteiger partial charge in [-0.25, -0.2) is 4.79 Å². The topological polar surface area (TPSA) is 127 Å². The molecule has 0 aromatic heterocycles. The van der Waals surface area contributed by atoms with Crippen molar-refractivity contribution in [3.8, 4) is 0 Å². The van der Waals surface area contributed by atoms with E-state index in [9.17, 15) is 29.6 Å². The fourth-order valence-electron chi connectivity index (χ4n) is 3.63. The first kappa shape index (κ1) is 18.0. The van der Waals surface area contributed by atoms with Crippen LogP contribution in [0.2, 0.25) is 0 Å². The first-order chi connectivity index (χ1) is 12.2. The Balaban J connectivity index is 1.67. The molecule has 2 heterocycles. The van der Waals surface area contributed by atoms with Gasteiger partial charge in [-0.15, -0.1) is 0 Å². The van der Waals surface area contributed by atoms with Crippen LogP contribution < -0.4 is 0 Å². The van der Waals surface area contributed by atoms with E-state index in [-0.39, 0.29) is 12.3 Å². The van der Waals surface area contributed by atoms with Crippen LogP contribution in [0.1, 0.15) is 19.4 Å². The molecule has 9 nitrogen and oxygen atoms in total. The Bertz CT molecular complexity index is 774. The van der Waals surface area contributed by atoms with Crippen molar-refractivity contribution >= 4 is 23.3 Å². The summed E-state index contributed by atoms with van der Waals surface area (Å²) in [4.78, 5) is 48.2. The first-order valence-corrected chi connectivity index (χ1v) is 8.18. The minimum absolute atomic E-state index is 0.0851. The Hall–Kier alpha value is -2.81. The molecule has 1 amide bonds. The Morgan fingerprint density at radius 2 is 1.96 bits per heavy atom. The highest BCUT2D eigenvalue weighted by molar-refractivity contribution is 6.12. The molecule has 138 valence electrons. The first-order valence-electron chi connectivity index (χ1n) is 8.18. The smallest absolute Gasteiger partial charge is 0.337 e. The number of hydrogen-bond donors (Lipinski definition) is 1. The number of nitro groups is 1. The van der Waals surface area contributed by atoms with E-state index in [0.717, 1.165) is 0 Å². The third-order valence-corrected chi connectivity index (χ3v) is 5.01. The fourth-order valence-corrected chi connectivity index (χ4v) is 3.63. The lowest BCUT2D eigenvalue weighted by molar-refractivity contribution is -0.384. The third-order valence-electron chi connectivity index (χ3n) is 5.01. The number of ether oxygens (including phenoxy) is 1. The van der Waals surface area contributed by atoms with Crippen molar-refractivity contribution in [2.75, 3.05) is 0 Å². The van der Waals surface area contributed by atoms with Crippen molar-refractivity contribution in [1.29, 1.82) is 0 Å². The number of ketones is 1. The van der Waals surface area contributed by atoms with Crippen LogP contribution in [0.3, 0.4) is 0 Å². The number of aliphatic hydroxyl groups is 1. The van der Waals surface area contributed by atoms with Gasteiger partial charge in [0.15, 0.2) is 11.8 Å². The number of fused-ring (bicyclic) bond motifs is 1. The molecule has 0 spiro atoms. The molecule has 1 N–H and O–H groups in total. The Morgan fingerprint density at radius 3 is 2.50 bits per heavy atom. The van der Waals surface area contributed by atoms with Crippen molar-refractivity contribution in [3.05, 3.63) is 39.9 Å². The molecule has 0 saturated carbocycles. The minimum Gasteiger partial charge on any atom is -0.459 e. The molecular formula is C17H18N2O7. The fraction of sp³-hybridized carbons (Fsp3) is 0.471. The van der Waals surface area contributed by atoms with Crippen LogP contribution in [0.4, 0.5) is 5.69 Å². The Morgan fingerprint density at radius 1 is 1.35 bits per heavy atom. The number of nitrogens with zero attached hydrogens (tertiary/aromatic N) is 2. The summed E-state index contributed by atoms with van der Waals surface area (Å²) in [7, 11) is 0. The number of hydrogen-bond acceptors (Lipinski definition) is 7. The maximum absolute atomic E-state index is 12.4. The van der Waals surface area contributed by atoms with Crippen LogP contribution in [0.15, 0.2) is 24.3 Å². The molecule has 9 heteroatoms. The standard InChI is InChI=1S/C17H18N2O7/c1-8-13-12(9(2)20)16(22)18(13)14(15(8)21)17(23)26-7-10-3-5-11(6-4-10)19(24)25/h3-6,8-9,12-14,20H,7H2,1-2H3. The zero-order valence-electron chi connectivity index (χ0n) is 14.2. The maximum Gasteiger partial charge on any atom is 0.337 e. The molecule has 5 unspecified atom stereocenters. The minimum atomic E-state index is -1.30. The number of esters is 1. The summed E-state index contributed by atoms with van der Waals surface area (Å²) in [5.74, 6) is -2.90. The van der Waals surface area contributed by atoms with Gasteiger partial charge in [0.25, 0.3) is 5.69 Å². The molecule has 0 bridgehead atoms. The summed E-state index contributed by atoms with van der Waals surface area (Å²) in [5.41, 5.74) is 0.439. The van der Waals surface area contributed by atoms with Crippen molar-refractivity contribution < 1.29 is 29.2 Å². The number of non-ortho nitro benzene ring substituents is 1. The van der Waals surface area contributed by atoms with E-state index in [2.05, 4.69) is 0 Å². The summed E-state index contributed by atoms with van der Waals surface area (Å²) in [5, 5.41) is 20.3. The van der Waals surface area contributed by atoms with Gasteiger partial charge in [-0.3, -0.25) is 19.7 Å². The van der Waals surface area contributed by atoms with Crippen molar-refractivity contribution in [1.82, 2.24) is 4.90 Å². The zero-order chi connectivity index (χ0) is 19.2. The highest BCUT2D eigenvalue weighted by atomic mass is 16.6. The highest BCUT2D eigenvalue weighted by Crippen LogP contribution is 2.43.